The second-order valence-electron chi connectivity index (χ2n) is 12.7. The van der Waals surface area contributed by atoms with Crippen LogP contribution in [0.1, 0.15) is 17.5 Å². The Bertz CT molecular complexity index is 2020. The summed E-state index contributed by atoms with van der Waals surface area (Å²) in [5.41, 5.74) is 10.1. The molecule has 3 heteroatoms. The normalized spacial score (nSPS) is 22.3. The van der Waals surface area contributed by atoms with Crippen LogP contribution in [0.15, 0.2) is 121 Å². The molecule has 0 nitrogen and oxygen atoms in total. The minimum absolute atomic E-state index is 0.00224. The van der Waals surface area contributed by atoms with Gasteiger partial charge in [0.25, 0.3) is 0 Å². The van der Waals surface area contributed by atoms with E-state index in [1.165, 1.54) is 94.1 Å². The van der Waals surface area contributed by atoms with Crippen molar-refractivity contribution < 1.29 is 0 Å². The van der Waals surface area contributed by atoms with E-state index < -0.39 is 0 Å². The van der Waals surface area contributed by atoms with E-state index in [1.807, 2.05) is 0 Å². The predicted molar refractivity (Wildman–Crippen MR) is 195 cm³/mol. The smallest absolute Gasteiger partial charge is 0.00211 e. The van der Waals surface area contributed by atoms with E-state index in [2.05, 4.69) is 135 Å². The number of fused-ring (bicyclic) bond motifs is 10. The molecular formula is C40H35P3. The van der Waals surface area contributed by atoms with Crippen molar-refractivity contribution in [3.8, 4) is 11.1 Å². The monoisotopic (exact) mass is 608 g/mol. The summed E-state index contributed by atoms with van der Waals surface area (Å²) in [5.74, 6) is 0. The summed E-state index contributed by atoms with van der Waals surface area (Å²) in [4.78, 5) is 0. The standard InChI is InChI=1S/C23H19P.C13H11P.C4H5P/c1-24-14-18-12-10-16-6-2-4-8-20(16)22(18)23-19(15-24)13-11-17-7-3-5-9-21(17)23;1-14-12-8-4-2-6-10(12)11-7-3-5-9-13(11)14;1-2-4-3(1)5(2)4/h2-13H,14-15H2,1H3;2-9H,1H3;2-4H,1H2. The van der Waals surface area contributed by atoms with E-state index in [-0.39, 0.29) is 15.5 Å². The first-order chi connectivity index (χ1) is 21.2. The van der Waals surface area contributed by atoms with Gasteiger partial charge in [-0.3, -0.25) is 0 Å². The first kappa shape index (κ1) is 26.4. The van der Waals surface area contributed by atoms with Crippen molar-refractivity contribution in [1.82, 2.24) is 0 Å². The van der Waals surface area contributed by atoms with Crippen molar-refractivity contribution in [3.63, 3.8) is 0 Å². The molecule has 2 unspecified atom stereocenters. The van der Waals surface area contributed by atoms with Crippen LogP contribution in [-0.4, -0.2) is 23.6 Å². The molecule has 0 radical (unpaired) electrons. The van der Waals surface area contributed by atoms with Gasteiger partial charge in [0.15, 0.2) is 0 Å². The molecule has 2 atom stereocenters. The molecule has 4 aliphatic heterocycles. The summed E-state index contributed by atoms with van der Waals surface area (Å²) < 4.78 is 0. The van der Waals surface area contributed by atoms with Gasteiger partial charge < -0.3 is 0 Å². The molecule has 2 bridgehead atoms. The highest BCUT2D eigenvalue weighted by Gasteiger charge is 2.82. The molecule has 3 saturated heterocycles. The molecule has 0 spiro atoms. The lowest BCUT2D eigenvalue weighted by Crippen LogP contribution is -2.23. The zero-order valence-corrected chi connectivity index (χ0v) is 27.4. The minimum atomic E-state index is -0.0967. The lowest BCUT2D eigenvalue weighted by Gasteiger charge is -2.20. The third-order valence-electron chi connectivity index (χ3n) is 10.2. The second kappa shape index (κ2) is 10.3. The molecule has 12 rings (SSSR count). The van der Waals surface area contributed by atoms with Crippen LogP contribution in [0.25, 0.3) is 53.7 Å². The van der Waals surface area contributed by atoms with Gasteiger partial charge >= 0.3 is 0 Å². The summed E-state index contributed by atoms with van der Waals surface area (Å²) >= 11 is 0. The second-order valence-corrected chi connectivity index (χ2v) is 20.0. The number of aryl methyl sites for hydroxylation is 1. The van der Waals surface area contributed by atoms with Crippen LogP contribution in [0.4, 0.5) is 0 Å². The molecule has 0 N–H and O–H groups in total. The molecule has 7 aromatic rings. The van der Waals surface area contributed by atoms with Crippen molar-refractivity contribution >= 4 is 65.9 Å². The number of hydrogen-bond donors (Lipinski definition) is 0. The van der Waals surface area contributed by atoms with Crippen molar-refractivity contribution in [2.24, 2.45) is 6.66 Å². The quantitative estimate of drug-likeness (QED) is 0.150. The topological polar surface area (TPSA) is 0 Å². The molecule has 1 aliphatic carbocycles. The highest BCUT2D eigenvalue weighted by atomic mass is 31.1. The third kappa shape index (κ3) is 4.33. The Labute approximate surface area is 257 Å². The average molecular weight is 609 g/mol. The summed E-state index contributed by atoms with van der Waals surface area (Å²) in [6, 6.07) is 44.6. The van der Waals surface area contributed by atoms with Crippen molar-refractivity contribution in [1.29, 1.82) is 0 Å². The van der Waals surface area contributed by atoms with E-state index in [0.29, 0.717) is 0 Å². The molecular weight excluding hydrogens is 573 g/mol. The van der Waals surface area contributed by atoms with Gasteiger partial charge in [-0.25, -0.2) is 0 Å². The minimum Gasteiger partial charge on any atom is -0.112 e. The molecule has 6 aromatic carbocycles. The van der Waals surface area contributed by atoms with E-state index >= 15 is 0 Å². The third-order valence-corrected chi connectivity index (χ3v) is 17.5. The molecule has 4 fully saturated rings. The maximum absolute atomic E-state index is 2.44. The van der Waals surface area contributed by atoms with E-state index in [1.54, 1.807) is 6.42 Å². The highest BCUT2D eigenvalue weighted by Crippen LogP contribution is 3.00. The first-order valence-electron chi connectivity index (χ1n) is 15.6. The molecule has 5 heterocycles. The average Bonchev–Trinajstić information content (AvgIpc) is 3.85. The molecule has 43 heavy (non-hydrogen) atoms. The van der Waals surface area contributed by atoms with Crippen LogP contribution in [-0.2, 0) is 19.0 Å². The number of rotatable bonds is 0. The fraction of sp³-hybridized carbons (Fsp3) is 0.200. The fourth-order valence-corrected chi connectivity index (χ4v) is 14.7. The molecule has 210 valence electrons. The van der Waals surface area contributed by atoms with E-state index in [0.717, 1.165) is 7.92 Å². The van der Waals surface area contributed by atoms with Crippen molar-refractivity contribution in [2.75, 3.05) is 6.66 Å². The summed E-state index contributed by atoms with van der Waals surface area (Å²) in [5, 5.41) is 11.4. The zero-order valence-electron chi connectivity index (χ0n) is 24.7. The van der Waals surface area contributed by atoms with Gasteiger partial charge in [-0.05, 0) is 104 Å². The zero-order chi connectivity index (χ0) is 28.7. The molecule has 1 aromatic heterocycles. The Morgan fingerprint density at radius 2 is 0.884 bits per heavy atom. The summed E-state index contributed by atoms with van der Waals surface area (Å²) in [6.45, 7) is 4.79. The maximum Gasteiger partial charge on any atom is 0.00211 e. The van der Waals surface area contributed by atoms with Gasteiger partial charge in [0.2, 0.25) is 0 Å². The van der Waals surface area contributed by atoms with Crippen LogP contribution in [0.5, 0.6) is 0 Å². The summed E-state index contributed by atoms with van der Waals surface area (Å²) in [7, 11) is 0.733. The summed E-state index contributed by atoms with van der Waals surface area (Å²) in [6.07, 6.45) is 4.09. The highest BCUT2D eigenvalue weighted by molar-refractivity contribution is 7.79. The van der Waals surface area contributed by atoms with Gasteiger partial charge in [-0.1, -0.05) is 129 Å². The van der Waals surface area contributed by atoms with Crippen LogP contribution in [0, 0.1) is 0 Å². The number of hydrogen-bond acceptors (Lipinski definition) is 0. The maximum atomic E-state index is 2.44. The van der Waals surface area contributed by atoms with Crippen LogP contribution >= 0.6 is 23.4 Å². The Morgan fingerprint density at radius 1 is 0.488 bits per heavy atom. The van der Waals surface area contributed by atoms with Crippen LogP contribution < -0.4 is 0 Å². The predicted octanol–water partition coefficient (Wildman–Crippen LogP) is 12.3. The largest absolute Gasteiger partial charge is 0.112 e. The Balaban J connectivity index is 0.000000113. The SMILES string of the molecule is C1C2C3C1P23.CP1Cc2ccc3ccccc3c2-c2c(ccc3ccccc23)C1.Cp1c2ccccc2c2ccccc21. The van der Waals surface area contributed by atoms with Crippen LogP contribution in [0.2, 0.25) is 0 Å². The fourth-order valence-electron chi connectivity index (χ4n) is 7.72. The van der Waals surface area contributed by atoms with E-state index in [4.69, 9.17) is 0 Å². The lowest BCUT2D eigenvalue weighted by molar-refractivity contribution is 0.624. The van der Waals surface area contributed by atoms with Gasteiger partial charge in [0.1, 0.15) is 0 Å². The van der Waals surface area contributed by atoms with Crippen LogP contribution in [0.3, 0.4) is 0 Å². The number of benzene rings is 6. The van der Waals surface area contributed by atoms with Crippen molar-refractivity contribution in [3.05, 3.63) is 132 Å². The Hall–Kier alpha value is -3.00. The lowest BCUT2D eigenvalue weighted by atomic mass is 9.88. The van der Waals surface area contributed by atoms with Gasteiger partial charge in [0, 0.05) is 10.2 Å². The Kier molecular flexibility index (Phi) is 6.32. The van der Waals surface area contributed by atoms with Gasteiger partial charge in [0.05, 0.1) is 0 Å². The van der Waals surface area contributed by atoms with Gasteiger partial charge in [-0.2, -0.15) is 0 Å². The first-order valence-corrected chi connectivity index (χ1v) is 21.1. The van der Waals surface area contributed by atoms with E-state index in [9.17, 15) is 0 Å². The molecule has 5 aliphatic rings. The van der Waals surface area contributed by atoms with Crippen molar-refractivity contribution in [2.45, 2.75) is 35.7 Å². The molecule has 0 amide bonds. The molecule has 1 saturated carbocycles. The van der Waals surface area contributed by atoms with Gasteiger partial charge in [-0.15, -0.1) is 15.5 Å². The Morgan fingerprint density at radius 3 is 1.30 bits per heavy atom.